The maximum absolute atomic E-state index is 12.3. The molecule has 0 fully saturated rings. The highest BCUT2D eigenvalue weighted by molar-refractivity contribution is 6.32. The summed E-state index contributed by atoms with van der Waals surface area (Å²) in [6.45, 7) is 0. The molecule has 2 heterocycles. The van der Waals surface area contributed by atoms with Crippen LogP contribution >= 0.6 is 11.6 Å². The largest absolute Gasteiger partial charge is 0.508 e. The average molecular weight is 342 g/mol. The van der Waals surface area contributed by atoms with Crippen LogP contribution in [0.25, 0.3) is 27.5 Å². The first-order valence-electron chi connectivity index (χ1n) is 7.15. The van der Waals surface area contributed by atoms with E-state index >= 15 is 0 Å². The van der Waals surface area contributed by atoms with Crippen molar-refractivity contribution in [2.75, 3.05) is 7.11 Å². The zero-order chi connectivity index (χ0) is 16.8. The number of phenols is 1. The summed E-state index contributed by atoms with van der Waals surface area (Å²) in [6.07, 6.45) is 1.63. The Balaban J connectivity index is 2.04. The van der Waals surface area contributed by atoms with E-state index in [1.165, 1.54) is 6.07 Å². The maximum atomic E-state index is 12.3. The lowest BCUT2D eigenvalue weighted by Crippen LogP contribution is -2.04. The Morgan fingerprint density at radius 2 is 2.04 bits per heavy atom. The predicted molar refractivity (Wildman–Crippen MR) is 92.4 cm³/mol. The summed E-state index contributed by atoms with van der Waals surface area (Å²) in [5, 5.41) is 15.8. The zero-order valence-electron chi connectivity index (χ0n) is 12.6. The van der Waals surface area contributed by atoms with E-state index in [2.05, 4.69) is 10.1 Å². The smallest absolute Gasteiger partial charge is 0.259 e. The molecule has 2 aromatic heterocycles. The van der Waals surface area contributed by atoms with Gasteiger partial charge < -0.3 is 14.8 Å². The fourth-order valence-electron chi connectivity index (χ4n) is 2.69. The molecule has 4 aromatic rings. The van der Waals surface area contributed by atoms with Gasteiger partial charge in [-0.3, -0.25) is 4.79 Å². The molecule has 120 valence electrons. The Kier molecular flexibility index (Phi) is 3.21. The first-order valence-corrected chi connectivity index (χ1v) is 7.53. The molecular weight excluding hydrogens is 330 g/mol. The highest BCUT2D eigenvalue weighted by atomic mass is 35.5. The van der Waals surface area contributed by atoms with Crippen LogP contribution in [0.4, 0.5) is 0 Å². The highest BCUT2D eigenvalue weighted by Gasteiger charge is 2.13. The average Bonchev–Trinajstić information content (AvgIpc) is 3.01. The van der Waals surface area contributed by atoms with E-state index in [9.17, 15) is 9.90 Å². The van der Waals surface area contributed by atoms with Crippen molar-refractivity contribution in [1.82, 2.24) is 14.8 Å². The second-order valence-electron chi connectivity index (χ2n) is 5.34. The Hall–Kier alpha value is -2.99. The van der Waals surface area contributed by atoms with Crippen molar-refractivity contribution in [2.24, 2.45) is 0 Å². The molecule has 0 aliphatic carbocycles. The van der Waals surface area contributed by atoms with Gasteiger partial charge in [0.15, 0.2) is 0 Å². The van der Waals surface area contributed by atoms with E-state index in [-0.39, 0.29) is 11.3 Å². The van der Waals surface area contributed by atoms with Gasteiger partial charge in [-0.15, -0.1) is 0 Å². The molecule has 4 rings (SSSR count). The summed E-state index contributed by atoms with van der Waals surface area (Å²) in [5.74, 6) is 0.713. The minimum absolute atomic E-state index is 0.0766. The van der Waals surface area contributed by atoms with E-state index < -0.39 is 0 Å². The Morgan fingerprint density at radius 1 is 1.21 bits per heavy atom. The minimum atomic E-state index is -0.284. The van der Waals surface area contributed by atoms with Gasteiger partial charge in [0.2, 0.25) is 0 Å². The van der Waals surface area contributed by atoms with E-state index in [4.69, 9.17) is 16.3 Å². The van der Waals surface area contributed by atoms with E-state index in [1.807, 2.05) is 0 Å². The summed E-state index contributed by atoms with van der Waals surface area (Å²) >= 11 is 6.26. The fraction of sp³-hybridized carbons (Fsp3) is 0.0588. The number of nitrogens with zero attached hydrogens (tertiary/aromatic N) is 2. The summed E-state index contributed by atoms with van der Waals surface area (Å²) < 4.78 is 6.77. The molecule has 24 heavy (non-hydrogen) atoms. The quantitative estimate of drug-likeness (QED) is 0.586. The number of hydrogen-bond donors (Lipinski definition) is 2. The number of H-pyrrole nitrogens is 1. The first-order chi connectivity index (χ1) is 11.6. The lowest BCUT2D eigenvalue weighted by Gasteiger charge is -2.06. The van der Waals surface area contributed by atoms with Gasteiger partial charge >= 0.3 is 0 Å². The number of aromatic nitrogens is 3. The number of halogens is 1. The van der Waals surface area contributed by atoms with E-state index in [1.54, 1.807) is 48.3 Å². The standard InChI is InChI=1S/C17H12ClN3O3/c1-24-10-3-5-13(18)15(7-10)21-8-12-16(20-21)11-4-2-9(22)6-14(11)19-17(12)23/h2-8,22H,1H3,(H,19,23). The van der Waals surface area contributed by atoms with Gasteiger partial charge in [-0.2, -0.15) is 5.10 Å². The van der Waals surface area contributed by atoms with Crippen molar-refractivity contribution in [2.45, 2.75) is 0 Å². The topological polar surface area (TPSA) is 80.1 Å². The van der Waals surface area contributed by atoms with Crippen LogP contribution in [0.2, 0.25) is 5.02 Å². The highest BCUT2D eigenvalue weighted by Crippen LogP contribution is 2.28. The van der Waals surface area contributed by atoms with Gasteiger partial charge in [-0.25, -0.2) is 4.68 Å². The van der Waals surface area contributed by atoms with Gasteiger partial charge in [0.25, 0.3) is 5.56 Å². The van der Waals surface area contributed by atoms with E-state index in [0.29, 0.717) is 32.9 Å². The summed E-state index contributed by atoms with van der Waals surface area (Å²) in [5.41, 5.74) is 1.38. The fourth-order valence-corrected chi connectivity index (χ4v) is 2.89. The van der Waals surface area contributed by atoms with Gasteiger partial charge in [0, 0.05) is 23.7 Å². The summed E-state index contributed by atoms with van der Waals surface area (Å²) in [6, 6.07) is 9.97. The van der Waals surface area contributed by atoms with Crippen molar-refractivity contribution in [3.8, 4) is 17.2 Å². The van der Waals surface area contributed by atoms with Crippen LogP contribution in [-0.4, -0.2) is 27.0 Å². The maximum Gasteiger partial charge on any atom is 0.259 e. The number of nitrogens with one attached hydrogen (secondary N) is 1. The SMILES string of the molecule is COc1ccc(Cl)c(-n2cc3c(=O)[nH]c4cc(O)ccc4c3n2)c1. The molecule has 6 nitrogen and oxygen atoms in total. The van der Waals surface area contributed by atoms with Crippen molar-refractivity contribution in [3.05, 3.63) is 58.0 Å². The van der Waals surface area contributed by atoms with Crippen LogP contribution < -0.4 is 10.3 Å². The van der Waals surface area contributed by atoms with Crippen LogP contribution in [0, 0.1) is 0 Å². The van der Waals surface area contributed by atoms with E-state index in [0.717, 1.165) is 5.39 Å². The van der Waals surface area contributed by atoms with Gasteiger partial charge in [0.1, 0.15) is 17.0 Å². The molecule has 0 radical (unpaired) electrons. The lowest BCUT2D eigenvalue weighted by atomic mass is 10.1. The van der Waals surface area contributed by atoms with Crippen LogP contribution in [0.3, 0.4) is 0 Å². The molecular formula is C17H12ClN3O3. The van der Waals surface area contributed by atoms with Crippen molar-refractivity contribution < 1.29 is 9.84 Å². The summed E-state index contributed by atoms with van der Waals surface area (Å²) in [4.78, 5) is 15.1. The zero-order valence-corrected chi connectivity index (χ0v) is 13.3. The Labute approximate surface area is 140 Å². The number of hydrogen-bond acceptors (Lipinski definition) is 4. The summed E-state index contributed by atoms with van der Waals surface area (Å²) in [7, 11) is 1.57. The molecule has 7 heteroatoms. The number of fused-ring (bicyclic) bond motifs is 3. The molecule has 0 aliphatic heterocycles. The molecule has 0 spiro atoms. The number of ether oxygens (including phenoxy) is 1. The number of rotatable bonds is 2. The second kappa shape index (κ2) is 5.28. The van der Waals surface area contributed by atoms with Crippen LogP contribution in [-0.2, 0) is 0 Å². The van der Waals surface area contributed by atoms with Gasteiger partial charge in [-0.05, 0) is 24.3 Å². The minimum Gasteiger partial charge on any atom is -0.508 e. The third-order valence-corrected chi connectivity index (χ3v) is 4.19. The molecule has 2 aromatic carbocycles. The Bertz CT molecular complexity index is 1150. The second-order valence-corrected chi connectivity index (χ2v) is 5.74. The number of aromatic hydroxyl groups is 1. The van der Waals surface area contributed by atoms with Gasteiger partial charge in [0.05, 0.1) is 28.7 Å². The molecule has 0 bridgehead atoms. The third-order valence-electron chi connectivity index (χ3n) is 3.87. The lowest BCUT2D eigenvalue weighted by molar-refractivity contribution is 0.414. The molecule has 0 amide bonds. The molecule has 0 unspecified atom stereocenters. The number of aromatic amines is 1. The van der Waals surface area contributed by atoms with Gasteiger partial charge in [-0.1, -0.05) is 11.6 Å². The molecule has 0 saturated heterocycles. The van der Waals surface area contributed by atoms with Crippen LogP contribution in [0.15, 0.2) is 47.4 Å². The third kappa shape index (κ3) is 2.19. The first kappa shape index (κ1) is 14.6. The van der Waals surface area contributed by atoms with Crippen LogP contribution in [0.5, 0.6) is 11.5 Å². The molecule has 0 saturated carbocycles. The number of pyridine rings is 1. The number of phenolic OH excluding ortho intramolecular Hbond substituents is 1. The number of benzene rings is 2. The molecule has 0 aliphatic rings. The molecule has 0 atom stereocenters. The normalized spacial score (nSPS) is 11.2. The predicted octanol–water partition coefficient (Wildman–Crippen LogP) is 3.23. The Morgan fingerprint density at radius 3 is 2.83 bits per heavy atom. The van der Waals surface area contributed by atoms with Crippen molar-refractivity contribution in [1.29, 1.82) is 0 Å². The molecule has 2 N–H and O–H groups in total. The van der Waals surface area contributed by atoms with Crippen molar-refractivity contribution >= 4 is 33.4 Å². The monoisotopic (exact) mass is 341 g/mol. The van der Waals surface area contributed by atoms with Crippen LogP contribution in [0.1, 0.15) is 0 Å². The number of methoxy groups -OCH3 is 1. The van der Waals surface area contributed by atoms with Crippen molar-refractivity contribution in [3.63, 3.8) is 0 Å².